The van der Waals surface area contributed by atoms with Crippen molar-refractivity contribution < 1.29 is 13.2 Å². The molecule has 0 amide bonds. The van der Waals surface area contributed by atoms with Crippen LogP contribution in [-0.4, -0.2) is 37.8 Å². The normalized spacial score (nSPS) is 11.6. The topological polar surface area (TPSA) is 101 Å². The number of H-pyrrole nitrogens is 1. The first-order chi connectivity index (χ1) is 8.96. The van der Waals surface area contributed by atoms with Crippen molar-refractivity contribution in [1.82, 2.24) is 14.7 Å². The Morgan fingerprint density at radius 2 is 2.21 bits per heavy atom. The highest BCUT2D eigenvalue weighted by Crippen LogP contribution is 2.15. The number of nitrogens with one attached hydrogen (secondary N) is 2. The van der Waals surface area contributed by atoms with E-state index >= 15 is 0 Å². The molecule has 0 fully saturated rings. The van der Waals surface area contributed by atoms with E-state index in [-0.39, 0.29) is 18.7 Å². The summed E-state index contributed by atoms with van der Waals surface area (Å²) in [7, 11) is -3.21. The average Bonchev–Trinajstić information content (AvgIpc) is 2.34. The third kappa shape index (κ3) is 3.76. The van der Waals surface area contributed by atoms with Crippen molar-refractivity contribution >= 4 is 20.9 Å². The van der Waals surface area contributed by atoms with E-state index in [1.165, 1.54) is 6.33 Å². The van der Waals surface area contributed by atoms with Crippen LogP contribution in [0.2, 0.25) is 0 Å². The second-order valence-electron chi connectivity index (χ2n) is 3.93. The standard InChI is InChI=1S/C11H13N3O4S/c1-19(16,17)14-4-5-18-8-2-3-10-9(6-8)11(15)13-7-12-10/h2-3,6-7,14H,4-5H2,1H3,(H,12,13,15). The fourth-order valence-corrected chi connectivity index (χ4v) is 1.99. The Bertz CT molecular complexity index is 739. The van der Waals surface area contributed by atoms with E-state index in [2.05, 4.69) is 14.7 Å². The predicted octanol–water partition coefficient (Wildman–Crippen LogP) is -0.149. The molecule has 0 aliphatic heterocycles. The van der Waals surface area contributed by atoms with Gasteiger partial charge in [0.05, 0.1) is 23.5 Å². The molecule has 102 valence electrons. The zero-order valence-electron chi connectivity index (χ0n) is 10.2. The van der Waals surface area contributed by atoms with Gasteiger partial charge in [-0.2, -0.15) is 0 Å². The number of sulfonamides is 1. The van der Waals surface area contributed by atoms with Crippen LogP contribution in [0.4, 0.5) is 0 Å². The molecular formula is C11H13N3O4S. The summed E-state index contributed by atoms with van der Waals surface area (Å²) in [5, 5.41) is 0.427. The minimum atomic E-state index is -3.21. The van der Waals surface area contributed by atoms with Gasteiger partial charge in [-0.05, 0) is 18.2 Å². The van der Waals surface area contributed by atoms with Crippen molar-refractivity contribution in [2.75, 3.05) is 19.4 Å². The van der Waals surface area contributed by atoms with Crippen LogP contribution < -0.4 is 15.0 Å². The third-order valence-corrected chi connectivity index (χ3v) is 3.08. The lowest BCUT2D eigenvalue weighted by Gasteiger charge is -2.07. The molecule has 0 unspecified atom stereocenters. The summed E-state index contributed by atoms with van der Waals surface area (Å²) in [6, 6.07) is 4.92. The van der Waals surface area contributed by atoms with Crippen LogP contribution in [0.15, 0.2) is 29.3 Å². The van der Waals surface area contributed by atoms with Crippen LogP contribution in [-0.2, 0) is 10.0 Å². The molecule has 0 aliphatic rings. The molecule has 0 saturated carbocycles. The molecular weight excluding hydrogens is 270 g/mol. The van der Waals surface area contributed by atoms with Gasteiger partial charge in [0.2, 0.25) is 10.0 Å². The largest absolute Gasteiger partial charge is 0.492 e. The van der Waals surface area contributed by atoms with Crippen molar-refractivity contribution in [3.05, 3.63) is 34.9 Å². The quantitative estimate of drug-likeness (QED) is 0.743. The molecule has 7 nitrogen and oxygen atoms in total. The van der Waals surface area contributed by atoms with Crippen LogP contribution in [0.1, 0.15) is 0 Å². The summed E-state index contributed by atoms with van der Waals surface area (Å²) in [6.45, 7) is 0.344. The number of hydrogen-bond donors (Lipinski definition) is 2. The molecule has 2 N–H and O–H groups in total. The third-order valence-electron chi connectivity index (χ3n) is 2.35. The van der Waals surface area contributed by atoms with Crippen LogP contribution in [0.25, 0.3) is 10.9 Å². The van der Waals surface area contributed by atoms with E-state index in [4.69, 9.17) is 4.74 Å². The summed E-state index contributed by atoms with van der Waals surface area (Å²) >= 11 is 0. The van der Waals surface area contributed by atoms with Gasteiger partial charge in [-0.15, -0.1) is 0 Å². The number of ether oxygens (including phenoxy) is 1. The zero-order chi connectivity index (χ0) is 13.9. The summed E-state index contributed by atoms with van der Waals surface area (Å²) in [4.78, 5) is 18.0. The number of aromatic amines is 1. The van der Waals surface area contributed by atoms with Crippen molar-refractivity contribution in [2.24, 2.45) is 0 Å². The maximum atomic E-state index is 11.5. The molecule has 2 aromatic rings. The van der Waals surface area contributed by atoms with Crippen molar-refractivity contribution in [3.8, 4) is 5.75 Å². The van der Waals surface area contributed by atoms with Gasteiger partial charge in [-0.3, -0.25) is 4.79 Å². The van der Waals surface area contributed by atoms with E-state index in [0.717, 1.165) is 6.26 Å². The lowest BCUT2D eigenvalue weighted by atomic mass is 10.2. The molecule has 8 heteroatoms. The number of aromatic nitrogens is 2. The number of hydrogen-bond acceptors (Lipinski definition) is 5. The lowest BCUT2D eigenvalue weighted by molar-refractivity contribution is 0.323. The maximum Gasteiger partial charge on any atom is 0.258 e. The van der Waals surface area contributed by atoms with E-state index in [1.54, 1.807) is 18.2 Å². The highest BCUT2D eigenvalue weighted by atomic mass is 32.2. The molecule has 1 aromatic heterocycles. The van der Waals surface area contributed by atoms with Gasteiger partial charge in [-0.1, -0.05) is 0 Å². The van der Waals surface area contributed by atoms with Crippen molar-refractivity contribution in [1.29, 1.82) is 0 Å². The van der Waals surface area contributed by atoms with Gasteiger partial charge in [0, 0.05) is 6.54 Å². The fraction of sp³-hybridized carbons (Fsp3) is 0.273. The number of nitrogens with zero attached hydrogens (tertiary/aromatic N) is 1. The Balaban J connectivity index is 2.06. The first kappa shape index (κ1) is 13.5. The van der Waals surface area contributed by atoms with Gasteiger partial charge in [-0.25, -0.2) is 18.1 Å². The fourth-order valence-electron chi connectivity index (χ4n) is 1.53. The van der Waals surface area contributed by atoms with Crippen molar-refractivity contribution in [3.63, 3.8) is 0 Å². The first-order valence-electron chi connectivity index (χ1n) is 5.50. The number of fused-ring (bicyclic) bond motifs is 1. The SMILES string of the molecule is CS(=O)(=O)NCCOc1ccc2nc[nH]c(=O)c2c1. The van der Waals surface area contributed by atoms with E-state index in [1.807, 2.05) is 0 Å². The smallest absolute Gasteiger partial charge is 0.258 e. The molecule has 1 aromatic carbocycles. The highest BCUT2D eigenvalue weighted by molar-refractivity contribution is 7.88. The molecule has 2 rings (SSSR count). The molecule has 0 spiro atoms. The summed E-state index contributed by atoms with van der Waals surface area (Å²) in [5.41, 5.74) is 0.329. The van der Waals surface area contributed by atoms with Crippen LogP contribution in [0.5, 0.6) is 5.75 Å². The molecule has 0 saturated heterocycles. The van der Waals surface area contributed by atoms with Crippen LogP contribution in [0, 0.1) is 0 Å². The number of rotatable bonds is 5. The monoisotopic (exact) mass is 283 g/mol. The van der Waals surface area contributed by atoms with Gasteiger partial charge < -0.3 is 9.72 Å². The van der Waals surface area contributed by atoms with E-state index in [0.29, 0.717) is 16.7 Å². The maximum absolute atomic E-state index is 11.5. The van der Waals surface area contributed by atoms with Crippen LogP contribution >= 0.6 is 0 Å². The predicted molar refractivity (Wildman–Crippen MR) is 70.7 cm³/mol. The minimum Gasteiger partial charge on any atom is -0.492 e. The molecule has 1 heterocycles. The molecule has 0 bridgehead atoms. The van der Waals surface area contributed by atoms with Gasteiger partial charge in [0.1, 0.15) is 12.4 Å². The first-order valence-corrected chi connectivity index (χ1v) is 7.40. The van der Waals surface area contributed by atoms with E-state index in [9.17, 15) is 13.2 Å². The Morgan fingerprint density at radius 3 is 2.95 bits per heavy atom. The zero-order valence-corrected chi connectivity index (χ0v) is 11.0. The number of benzene rings is 1. The van der Waals surface area contributed by atoms with Gasteiger partial charge in [0.25, 0.3) is 5.56 Å². The summed E-state index contributed by atoms with van der Waals surface area (Å²) in [6.07, 6.45) is 2.41. The summed E-state index contributed by atoms with van der Waals surface area (Å²) in [5.74, 6) is 0.487. The van der Waals surface area contributed by atoms with Gasteiger partial charge >= 0.3 is 0 Å². The Morgan fingerprint density at radius 1 is 1.42 bits per heavy atom. The average molecular weight is 283 g/mol. The van der Waals surface area contributed by atoms with Crippen LogP contribution in [0.3, 0.4) is 0 Å². The van der Waals surface area contributed by atoms with E-state index < -0.39 is 10.0 Å². The minimum absolute atomic E-state index is 0.167. The Labute approximate surface area is 109 Å². The molecule has 0 aliphatic carbocycles. The molecule has 0 radical (unpaired) electrons. The Kier molecular flexibility index (Phi) is 3.82. The molecule has 0 atom stereocenters. The van der Waals surface area contributed by atoms with Gasteiger partial charge in [0.15, 0.2) is 0 Å². The van der Waals surface area contributed by atoms with Crippen molar-refractivity contribution in [2.45, 2.75) is 0 Å². The lowest BCUT2D eigenvalue weighted by Crippen LogP contribution is -2.26. The summed E-state index contributed by atoms with van der Waals surface area (Å²) < 4.78 is 29.3. The second-order valence-corrected chi connectivity index (χ2v) is 5.76. The second kappa shape index (κ2) is 5.37. The Hall–Kier alpha value is -1.93. The highest BCUT2D eigenvalue weighted by Gasteiger charge is 2.03. The molecule has 19 heavy (non-hydrogen) atoms.